The minimum absolute atomic E-state index is 0.0522. The van der Waals surface area contributed by atoms with Gasteiger partial charge in [-0.1, -0.05) is 45.4 Å². The molecule has 0 bridgehead atoms. The summed E-state index contributed by atoms with van der Waals surface area (Å²) in [6.07, 6.45) is 13.3. The van der Waals surface area contributed by atoms with Gasteiger partial charge in [0.25, 0.3) is 0 Å². The first-order valence-electron chi connectivity index (χ1n) is 8.89. The summed E-state index contributed by atoms with van der Waals surface area (Å²) in [6, 6.07) is 1.90. The van der Waals surface area contributed by atoms with E-state index in [1.807, 2.05) is 12.3 Å². The van der Waals surface area contributed by atoms with Crippen molar-refractivity contribution in [3.05, 3.63) is 23.9 Å². The molecule has 0 spiro atoms. The van der Waals surface area contributed by atoms with E-state index in [1.165, 1.54) is 38.2 Å². The highest BCUT2D eigenvalue weighted by Crippen LogP contribution is 2.07. The summed E-state index contributed by atoms with van der Waals surface area (Å²) >= 11 is 0. The number of hydrogen-bond acceptors (Lipinski definition) is 4. The maximum Gasteiger partial charge on any atom is 0.348 e. The number of nitriles is 1. The Morgan fingerprint density at radius 1 is 1.04 bits per heavy atom. The predicted molar refractivity (Wildman–Crippen MR) is 94.7 cm³/mol. The molecule has 0 amide bonds. The van der Waals surface area contributed by atoms with Gasteiger partial charge >= 0.3 is 5.97 Å². The summed E-state index contributed by atoms with van der Waals surface area (Å²) in [4.78, 5) is 13.9. The van der Waals surface area contributed by atoms with E-state index in [1.54, 1.807) is 6.08 Å². The SMILES string of the molecule is CCCCCCCCCOC(=O)/C(C#N)=C\C=C\N(CC)CC. The molecule has 0 aliphatic heterocycles. The summed E-state index contributed by atoms with van der Waals surface area (Å²) < 4.78 is 5.16. The van der Waals surface area contributed by atoms with Crippen molar-refractivity contribution in [2.24, 2.45) is 0 Å². The van der Waals surface area contributed by atoms with Crippen LogP contribution in [-0.4, -0.2) is 30.6 Å². The molecular formula is C19H32N2O2. The summed E-state index contributed by atoms with van der Waals surface area (Å²) in [5, 5.41) is 9.03. The molecule has 0 aromatic rings. The van der Waals surface area contributed by atoms with Gasteiger partial charge in [0.2, 0.25) is 0 Å². The largest absolute Gasteiger partial charge is 0.462 e. The Bertz CT molecular complexity index is 404. The molecular weight excluding hydrogens is 288 g/mol. The third-order valence-electron chi connectivity index (χ3n) is 3.69. The van der Waals surface area contributed by atoms with Gasteiger partial charge in [0, 0.05) is 13.1 Å². The van der Waals surface area contributed by atoms with Crippen LogP contribution in [-0.2, 0) is 9.53 Å². The zero-order chi connectivity index (χ0) is 17.3. The Kier molecular flexibility index (Phi) is 14.0. The van der Waals surface area contributed by atoms with Gasteiger partial charge in [0.1, 0.15) is 11.6 Å². The first-order chi connectivity index (χ1) is 11.2. The maximum absolute atomic E-state index is 11.8. The minimum atomic E-state index is -0.525. The van der Waals surface area contributed by atoms with Crippen LogP contribution in [0.2, 0.25) is 0 Å². The Morgan fingerprint density at radius 3 is 2.22 bits per heavy atom. The average molecular weight is 320 g/mol. The van der Waals surface area contributed by atoms with Crippen LogP contribution in [0.25, 0.3) is 0 Å². The number of allylic oxidation sites excluding steroid dienone is 2. The van der Waals surface area contributed by atoms with Crippen molar-refractivity contribution in [1.82, 2.24) is 4.90 Å². The van der Waals surface area contributed by atoms with Crippen molar-refractivity contribution in [2.75, 3.05) is 19.7 Å². The molecule has 0 unspecified atom stereocenters. The zero-order valence-electron chi connectivity index (χ0n) is 15.0. The van der Waals surface area contributed by atoms with Crippen LogP contribution in [0.1, 0.15) is 65.7 Å². The first-order valence-corrected chi connectivity index (χ1v) is 8.89. The van der Waals surface area contributed by atoms with E-state index >= 15 is 0 Å². The Morgan fingerprint density at radius 2 is 1.65 bits per heavy atom. The van der Waals surface area contributed by atoms with E-state index in [9.17, 15) is 4.79 Å². The molecule has 0 saturated carbocycles. The summed E-state index contributed by atoms with van der Waals surface area (Å²) in [6.45, 7) is 8.50. The number of carbonyl (C=O) groups is 1. The fourth-order valence-corrected chi connectivity index (χ4v) is 2.15. The summed E-state index contributed by atoms with van der Waals surface area (Å²) in [5.41, 5.74) is 0.0522. The molecule has 4 nitrogen and oxygen atoms in total. The van der Waals surface area contributed by atoms with Crippen LogP contribution in [0, 0.1) is 11.3 Å². The highest BCUT2D eigenvalue weighted by atomic mass is 16.5. The third-order valence-corrected chi connectivity index (χ3v) is 3.69. The van der Waals surface area contributed by atoms with Gasteiger partial charge in [-0.15, -0.1) is 0 Å². The number of nitrogens with zero attached hydrogens (tertiary/aromatic N) is 2. The van der Waals surface area contributed by atoms with Crippen molar-refractivity contribution in [3.8, 4) is 6.07 Å². The number of unbranched alkanes of at least 4 members (excludes halogenated alkanes) is 6. The third kappa shape index (κ3) is 11.5. The number of hydrogen-bond donors (Lipinski definition) is 0. The molecule has 0 saturated heterocycles. The van der Waals surface area contributed by atoms with E-state index in [4.69, 9.17) is 10.00 Å². The van der Waals surface area contributed by atoms with Crippen molar-refractivity contribution in [2.45, 2.75) is 65.7 Å². The smallest absolute Gasteiger partial charge is 0.348 e. The van der Waals surface area contributed by atoms with E-state index in [-0.39, 0.29) is 5.57 Å². The molecule has 0 heterocycles. The Hall–Kier alpha value is -1.76. The van der Waals surface area contributed by atoms with Gasteiger partial charge in [0.05, 0.1) is 6.61 Å². The van der Waals surface area contributed by atoms with E-state index < -0.39 is 5.97 Å². The van der Waals surface area contributed by atoms with Crippen LogP contribution in [0.15, 0.2) is 23.9 Å². The quantitative estimate of drug-likeness (QED) is 0.164. The van der Waals surface area contributed by atoms with Crippen LogP contribution < -0.4 is 0 Å². The number of esters is 1. The molecule has 0 aliphatic rings. The molecule has 4 heteroatoms. The van der Waals surface area contributed by atoms with Gasteiger partial charge in [-0.25, -0.2) is 4.79 Å². The second kappa shape index (κ2) is 15.1. The molecule has 0 aliphatic carbocycles. The number of rotatable bonds is 13. The van der Waals surface area contributed by atoms with E-state index in [2.05, 4.69) is 25.7 Å². The molecule has 0 radical (unpaired) electrons. The Labute approximate surface area is 141 Å². The molecule has 0 aromatic heterocycles. The second-order valence-electron chi connectivity index (χ2n) is 5.51. The molecule has 0 N–H and O–H groups in total. The molecule has 130 valence electrons. The van der Waals surface area contributed by atoms with Crippen molar-refractivity contribution in [3.63, 3.8) is 0 Å². The van der Waals surface area contributed by atoms with Crippen molar-refractivity contribution < 1.29 is 9.53 Å². The van der Waals surface area contributed by atoms with E-state index in [0.717, 1.165) is 25.9 Å². The number of ether oxygens (including phenoxy) is 1. The van der Waals surface area contributed by atoms with Gasteiger partial charge in [-0.2, -0.15) is 5.26 Å². The van der Waals surface area contributed by atoms with Crippen molar-refractivity contribution in [1.29, 1.82) is 5.26 Å². The summed E-state index contributed by atoms with van der Waals surface area (Å²) in [7, 11) is 0. The maximum atomic E-state index is 11.8. The van der Waals surface area contributed by atoms with Crippen LogP contribution >= 0.6 is 0 Å². The monoisotopic (exact) mass is 320 g/mol. The normalized spacial score (nSPS) is 11.5. The highest BCUT2D eigenvalue weighted by molar-refractivity contribution is 5.93. The molecule has 0 atom stereocenters. The van der Waals surface area contributed by atoms with E-state index in [0.29, 0.717) is 6.61 Å². The fraction of sp³-hybridized carbons (Fsp3) is 0.684. The molecule has 23 heavy (non-hydrogen) atoms. The van der Waals surface area contributed by atoms with Gasteiger partial charge < -0.3 is 9.64 Å². The lowest BCUT2D eigenvalue weighted by Gasteiger charge is -2.13. The lowest BCUT2D eigenvalue weighted by Crippen LogP contribution is -2.15. The highest BCUT2D eigenvalue weighted by Gasteiger charge is 2.08. The van der Waals surface area contributed by atoms with Gasteiger partial charge in [0.15, 0.2) is 0 Å². The van der Waals surface area contributed by atoms with Gasteiger partial charge in [-0.3, -0.25) is 0 Å². The van der Waals surface area contributed by atoms with Crippen LogP contribution in [0.5, 0.6) is 0 Å². The lowest BCUT2D eigenvalue weighted by atomic mass is 10.1. The predicted octanol–water partition coefficient (Wildman–Crippen LogP) is 4.59. The van der Waals surface area contributed by atoms with Gasteiger partial charge in [-0.05, 0) is 38.6 Å². The number of carbonyl (C=O) groups excluding carboxylic acids is 1. The van der Waals surface area contributed by atoms with Crippen molar-refractivity contribution >= 4 is 5.97 Å². The second-order valence-corrected chi connectivity index (χ2v) is 5.51. The average Bonchev–Trinajstić information content (AvgIpc) is 2.57. The Balaban J connectivity index is 4.00. The standard InChI is InChI=1S/C19H32N2O2/c1-4-7-8-9-10-11-12-16-23-19(22)18(17-20)14-13-15-21(5-2)6-3/h13-15H,4-12,16H2,1-3H3/b15-13+,18-14-. The molecule has 0 aromatic carbocycles. The molecule has 0 rings (SSSR count). The van der Waals surface area contributed by atoms with Crippen LogP contribution in [0.3, 0.4) is 0 Å². The van der Waals surface area contributed by atoms with Crippen LogP contribution in [0.4, 0.5) is 0 Å². The topological polar surface area (TPSA) is 53.3 Å². The minimum Gasteiger partial charge on any atom is -0.462 e. The lowest BCUT2D eigenvalue weighted by molar-refractivity contribution is -0.138. The molecule has 0 fully saturated rings. The first kappa shape index (κ1) is 21.2. The zero-order valence-corrected chi connectivity index (χ0v) is 15.0. The fourth-order valence-electron chi connectivity index (χ4n) is 2.15. The summed E-state index contributed by atoms with van der Waals surface area (Å²) in [5.74, 6) is -0.525.